The number of likely N-dealkylation sites (tertiary alicyclic amines) is 1. The lowest BCUT2D eigenvalue weighted by atomic mass is 9.72. The van der Waals surface area contributed by atoms with Crippen molar-refractivity contribution in [3.63, 3.8) is 0 Å². The van der Waals surface area contributed by atoms with E-state index >= 15 is 0 Å². The summed E-state index contributed by atoms with van der Waals surface area (Å²) in [6.45, 7) is 3.39. The summed E-state index contributed by atoms with van der Waals surface area (Å²) in [6.07, 6.45) is 2.61. The van der Waals surface area contributed by atoms with Crippen LogP contribution in [0.15, 0.2) is 0 Å². The fraction of sp³-hybridized carbons (Fsp3) is 0.944. The number of nitrogens with two attached hydrogens (primary N) is 1. The van der Waals surface area contributed by atoms with Crippen LogP contribution < -0.4 is 5.73 Å². The quantitative estimate of drug-likeness (QED) is 0.674. The minimum atomic E-state index is -0.847. The van der Waals surface area contributed by atoms with Crippen LogP contribution in [-0.2, 0) is 9.53 Å². The van der Waals surface area contributed by atoms with Gasteiger partial charge in [0, 0.05) is 38.6 Å². The molecule has 2 saturated carbocycles. The number of aliphatic hydroxyl groups excluding tert-OH is 2. The van der Waals surface area contributed by atoms with E-state index in [-0.39, 0.29) is 24.3 Å². The van der Waals surface area contributed by atoms with Crippen molar-refractivity contribution in [2.75, 3.05) is 20.2 Å². The number of piperidine rings is 1. The van der Waals surface area contributed by atoms with Crippen molar-refractivity contribution in [2.45, 2.75) is 63.4 Å². The lowest BCUT2D eigenvalue weighted by Crippen LogP contribution is -2.57. The van der Waals surface area contributed by atoms with Gasteiger partial charge < -0.3 is 25.6 Å². The van der Waals surface area contributed by atoms with Gasteiger partial charge in [-0.25, -0.2) is 0 Å². The number of amides is 1. The first kappa shape index (κ1) is 18.1. The Morgan fingerprint density at radius 1 is 1.12 bits per heavy atom. The van der Waals surface area contributed by atoms with E-state index in [9.17, 15) is 15.0 Å². The molecule has 0 bridgehead atoms. The zero-order valence-corrected chi connectivity index (χ0v) is 14.8. The van der Waals surface area contributed by atoms with Crippen LogP contribution in [0.5, 0.6) is 0 Å². The summed E-state index contributed by atoms with van der Waals surface area (Å²) in [5.74, 6) is 0.404. The Morgan fingerprint density at radius 2 is 1.88 bits per heavy atom. The smallest absolute Gasteiger partial charge is 0.230 e. The molecule has 6 heteroatoms. The molecule has 1 amide bonds. The van der Waals surface area contributed by atoms with E-state index in [0.717, 1.165) is 32.4 Å². The lowest BCUT2D eigenvalue weighted by Gasteiger charge is -2.46. The van der Waals surface area contributed by atoms with Gasteiger partial charge in [-0.2, -0.15) is 0 Å². The number of methoxy groups -OCH3 is 1. The van der Waals surface area contributed by atoms with Crippen LogP contribution in [0, 0.1) is 23.7 Å². The lowest BCUT2D eigenvalue weighted by molar-refractivity contribution is -0.166. The normalized spacial score (nSPS) is 46.5. The Labute approximate surface area is 144 Å². The van der Waals surface area contributed by atoms with Crippen molar-refractivity contribution in [3.05, 3.63) is 0 Å². The van der Waals surface area contributed by atoms with Crippen molar-refractivity contribution in [1.29, 1.82) is 0 Å². The van der Waals surface area contributed by atoms with Crippen LogP contribution in [0.4, 0.5) is 0 Å². The Morgan fingerprint density at radius 3 is 2.58 bits per heavy atom. The van der Waals surface area contributed by atoms with Crippen LogP contribution in [0.25, 0.3) is 0 Å². The van der Waals surface area contributed by atoms with Gasteiger partial charge in [0.25, 0.3) is 0 Å². The second-order valence-electron chi connectivity index (χ2n) is 8.12. The minimum Gasteiger partial charge on any atom is -0.393 e. The van der Waals surface area contributed by atoms with Gasteiger partial charge in [-0.05, 0) is 37.5 Å². The average Bonchev–Trinajstić information content (AvgIpc) is 2.56. The van der Waals surface area contributed by atoms with Gasteiger partial charge in [-0.15, -0.1) is 0 Å². The molecule has 8 atom stereocenters. The molecule has 0 aromatic carbocycles. The Balaban J connectivity index is 1.70. The van der Waals surface area contributed by atoms with Crippen LogP contribution in [0.3, 0.4) is 0 Å². The SMILES string of the molecule is COC1C(C)C(O)CC(O)C1C(=O)N1CCC2CCC(N)CC2C1. The van der Waals surface area contributed by atoms with Crippen LogP contribution in [0.1, 0.15) is 39.0 Å². The number of aliphatic hydroxyl groups is 2. The summed E-state index contributed by atoms with van der Waals surface area (Å²) in [7, 11) is 1.55. The number of carbonyl (C=O) groups is 1. The van der Waals surface area contributed by atoms with E-state index in [4.69, 9.17) is 10.5 Å². The molecular formula is C18H32N2O4. The summed E-state index contributed by atoms with van der Waals surface area (Å²) in [5.41, 5.74) is 6.11. The van der Waals surface area contributed by atoms with E-state index in [1.807, 2.05) is 11.8 Å². The summed E-state index contributed by atoms with van der Waals surface area (Å²) in [4.78, 5) is 15.0. The predicted molar refractivity (Wildman–Crippen MR) is 90.1 cm³/mol. The molecule has 3 rings (SSSR count). The van der Waals surface area contributed by atoms with E-state index in [1.54, 1.807) is 7.11 Å². The molecule has 138 valence electrons. The average molecular weight is 340 g/mol. The van der Waals surface area contributed by atoms with Crippen LogP contribution in [-0.4, -0.2) is 65.6 Å². The molecule has 0 aromatic rings. The zero-order chi connectivity index (χ0) is 17.4. The summed E-state index contributed by atoms with van der Waals surface area (Å²) < 4.78 is 5.51. The number of rotatable bonds is 2. The molecule has 0 radical (unpaired) electrons. The number of fused-ring (bicyclic) bond motifs is 1. The van der Waals surface area contributed by atoms with Crippen LogP contribution in [0.2, 0.25) is 0 Å². The molecule has 3 fully saturated rings. The van der Waals surface area contributed by atoms with Gasteiger partial charge in [-0.1, -0.05) is 6.92 Å². The largest absolute Gasteiger partial charge is 0.393 e. The molecule has 3 aliphatic rings. The molecule has 24 heavy (non-hydrogen) atoms. The first-order valence-electron chi connectivity index (χ1n) is 9.35. The van der Waals surface area contributed by atoms with Crippen molar-refractivity contribution in [1.82, 2.24) is 4.90 Å². The maximum Gasteiger partial charge on any atom is 0.230 e. The highest BCUT2D eigenvalue weighted by Crippen LogP contribution is 2.38. The molecule has 6 nitrogen and oxygen atoms in total. The Bertz CT molecular complexity index is 460. The van der Waals surface area contributed by atoms with E-state index in [1.165, 1.54) is 6.42 Å². The summed E-state index contributed by atoms with van der Waals surface area (Å²) >= 11 is 0. The maximum atomic E-state index is 13.1. The van der Waals surface area contributed by atoms with E-state index in [0.29, 0.717) is 11.8 Å². The first-order chi connectivity index (χ1) is 11.4. The number of nitrogens with zero attached hydrogens (tertiary/aromatic N) is 1. The van der Waals surface area contributed by atoms with Crippen molar-refractivity contribution < 1.29 is 19.7 Å². The van der Waals surface area contributed by atoms with Crippen molar-refractivity contribution in [2.24, 2.45) is 29.4 Å². The molecular weight excluding hydrogens is 308 g/mol. The van der Waals surface area contributed by atoms with Crippen molar-refractivity contribution >= 4 is 5.91 Å². The molecule has 0 spiro atoms. The number of hydrogen-bond donors (Lipinski definition) is 3. The molecule has 1 saturated heterocycles. The van der Waals surface area contributed by atoms with E-state index < -0.39 is 24.2 Å². The number of hydrogen-bond acceptors (Lipinski definition) is 5. The highest BCUT2D eigenvalue weighted by Gasteiger charge is 2.48. The second-order valence-corrected chi connectivity index (χ2v) is 8.12. The minimum absolute atomic E-state index is 0.0225. The highest BCUT2D eigenvalue weighted by molar-refractivity contribution is 5.80. The molecule has 0 aromatic heterocycles. The number of ether oxygens (including phenoxy) is 1. The second kappa shape index (κ2) is 7.28. The molecule has 4 N–H and O–H groups in total. The third-order valence-electron chi connectivity index (χ3n) is 6.65. The summed E-state index contributed by atoms with van der Waals surface area (Å²) in [5, 5.41) is 20.5. The molecule has 8 unspecified atom stereocenters. The van der Waals surface area contributed by atoms with E-state index in [2.05, 4.69) is 0 Å². The van der Waals surface area contributed by atoms with Gasteiger partial charge in [0.1, 0.15) is 0 Å². The first-order valence-corrected chi connectivity index (χ1v) is 9.35. The number of carbonyl (C=O) groups excluding carboxylic acids is 1. The van der Waals surface area contributed by atoms with Gasteiger partial charge in [0.2, 0.25) is 5.91 Å². The third-order valence-corrected chi connectivity index (χ3v) is 6.65. The topological polar surface area (TPSA) is 96.0 Å². The maximum absolute atomic E-state index is 13.1. The van der Waals surface area contributed by atoms with Crippen LogP contribution >= 0.6 is 0 Å². The Hall–Kier alpha value is -0.690. The van der Waals surface area contributed by atoms with Gasteiger partial charge in [0.15, 0.2) is 0 Å². The summed E-state index contributed by atoms with van der Waals surface area (Å²) in [6, 6.07) is 0.253. The van der Waals surface area contributed by atoms with Gasteiger partial charge in [0.05, 0.1) is 24.2 Å². The predicted octanol–water partition coefficient (Wildman–Crippen LogP) is 0.355. The molecule has 1 aliphatic heterocycles. The monoisotopic (exact) mass is 340 g/mol. The standard InChI is InChI=1S/C18H32N2O4/c1-10-14(21)8-15(22)16(17(10)24-2)18(23)20-6-5-11-3-4-13(19)7-12(11)9-20/h10-17,21-22H,3-9,19H2,1-2H3. The molecule has 1 heterocycles. The van der Waals surface area contributed by atoms with Crippen molar-refractivity contribution in [3.8, 4) is 0 Å². The fourth-order valence-electron chi connectivity index (χ4n) is 5.11. The van der Waals surface area contributed by atoms with Gasteiger partial charge in [-0.3, -0.25) is 4.79 Å². The third kappa shape index (κ3) is 3.34. The zero-order valence-electron chi connectivity index (χ0n) is 14.8. The fourth-order valence-corrected chi connectivity index (χ4v) is 5.11. The Kier molecular flexibility index (Phi) is 5.49. The highest BCUT2D eigenvalue weighted by atomic mass is 16.5. The van der Waals surface area contributed by atoms with Gasteiger partial charge >= 0.3 is 0 Å². The molecule has 2 aliphatic carbocycles.